The SMILES string of the molecule is Nc1nc(O)c(/C=C2\C=Nc3ncccc32)s1. The average molecular weight is 244 g/mol. The van der Waals surface area contributed by atoms with Crippen LogP contribution in [0.3, 0.4) is 0 Å². The van der Waals surface area contributed by atoms with Crippen LogP contribution in [-0.2, 0) is 0 Å². The lowest BCUT2D eigenvalue weighted by molar-refractivity contribution is 0.457. The van der Waals surface area contributed by atoms with Crippen LogP contribution >= 0.6 is 11.3 Å². The normalized spacial score (nSPS) is 15.4. The molecule has 3 N–H and O–H groups in total. The number of fused-ring (bicyclic) bond motifs is 1. The molecule has 0 aromatic carbocycles. The van der Waals surface area contributed by atoms with Gasteiger partial charge in [-0.25, -0.2) is 9.98 Å². The molecular formula is C11H8N4OS. The van der Waals surface area contributed by atoms with Gasteiger partial charge in [-0.3, -0.25) is 0 Å². The number of nitrogens with zero attached hydrogens (tertiary/aromatic N) is 3. The van der Waals surface area contributed by atoms with E-state index in [1.165, 1.54) is 11.3 Å². The summed E-state index contributed by atoms with van der Waals surface area (Å²) in [7, 11) is 0. The molecule has 6 heteroatoms. The highest BCUT2D eigenvalue weighted by Gasteiger charge is 2.14. The van der Waals surface area contributed by atoms with E-state index in [1.54, 1.807) is 18.5 Å². The number of anilines is 1. The fraction of sp³-hybridized carbons (Fsp3) is 0. The predicted octanol–water partition coefficient (Wildman–Crippen LogP) is 2.08. The lowest BCUT2D eigenvalue weighted by Gasteiger charge is -1.96. The number of pyridine rings is 1. The first-order valence-corrected chi connectivity index (χ1v) is 5.72. The van der Waals surface area contributed by atoms with Gasteiger partial charge in [0.05, 0.1) is 4.88 Å². The third-order valence-corrected chi connectivity index (χ3v) is 3.18. The van der Waals surface area contributed by atoms with Crippen LogP contribution in [-0.4, -0.2) is 21.3 Å². The van der Waals surface area contributed by atoms with Crippen molar-refractivity contribution >= 4 is 40.1 Å². The minimum absolute atomic E-state index is 0.0502. The minimum atomic E-state index is -0.0502. The second-order valence-corrected chi connectivity index (χ2v) is 4.53. The molecule has 0 bridgehead atoms. The third kappa shape index (κ3) is 1.68. The summed E-state index contributed by atoms with van der Waals surface area (Å²) in [6, 6.07) is 3.78. The minimum Gasteiger partial charge on any atom is -0.492 e. The first-order chi connectivity index (χ1) is 8.24. The summed E-state index contributed by atoms with van der Waals surface area (Å²) in [5, 5.41) is 9.90. The van der Waals surface area contributed by atoms with E-state index in [9.17, 15) is 5.11 Å². The van der Waals surface area contributed by atoms with E-state index in [0.29, 0.717) is 15.8 Å². The number of aromatic nitrogens is 2. The first kappa shape index (κ1) is 9.98. The predicted molar refractivity (Wildman–Crippen MR) is 68.5 cm³/mol. The maximum absolute atomic E-state index is 9.55. The number of nitrogen functional groups attached to an aromatic ring is 1. The van der Waals surface area contributed by atoms with Gasteiger partial charge in [0.15, 0.2) is 10.9 Å². The molecule has 2 aromatic heterocycles. The number of aliphatic imine (C=N–C) groups is 1. The van der Waals surface area contributed by atoms with E-state index in [2.05, 4.69) is 15.0 Å². The van der Waals surface area contributed by atoms with E-state index < -0.39 is 0 Å². The van der Waals surface area contributed by atoms with Crippen LogP contribution < -0.4 is 5.73 Å². The lowest BCUT2D eigenvalue weighted by atomic mass is 10.1. The van der Waals surface area contributed by atoms with Gasteiger partial charge in [0, 0.05) is 23.5 Å². The fourth-order valence-electron chi connectivity index (χ4n) is 1.62. The number of nitrogens with two attached hydrogens (primary N) is 1. The number of hydrogen-bond acceptors (Lipinski definition) is 6. The maximum atomic E-state index is 9.55. The van der Waals surface area contributed by atoms with E-state index in [0.717, 1.165) is 11.1 Å². The Labute approximate surface area is 101 Å². The van der Waals surface area contributed by atoms with Gasteiger partial charge in [0.2, 0.25) is 5.88 Å². The molecule has 1 aliphatic heterocycles. The van der Waals surface area contributed by atoms with E-state index in [4.69, 9.17) is 5.73 Å². The van der Waals surface area contributed by atoms with Crippen LogP contribution in [0.5, 0.6) is 5.88 Å². The van der Waals surface area contributed by atoms with Crippen molar-refractivity contribution in [2.45, 2.75) is 0 Å². The van der Waals surface area contributed by atoms with Crippen molar-refractivity contribution in [3.63, 3.8) is 0 Å². The maximum Gasteiger partial charge on any atom is 0.231 e. The second-order valence-electron chi connectivity index (χ2n) is 3.47. The van der Waals surface area contributed by atoms with Crippen molar-refractivity contribution in [1.82, 2.24) is 9.97 Å². The molecule has 0 amide bonds. The van der Waals surface area contributed by atoms with Crippen molar-refractivity contribution < 1.29 is 5.11 Å². The van der Waals surface area contributed by atoms with Gasteiger partial charge in [0.1, 0.15) is 0 Å². The van der Waals surface area contributed by atoms with Crippen molar-refractivity contribution in [3.8, 4) is 5.88 Å². The molecule has 2 aromatic rings. The van der Waals surface area contributed by atoms with Crippen molar-refractivity contribution in [2.75, 3.05) is 5.73 Å². The molecule has 0 unspecified atom stereocenters. The molecule has 1 aliphatic rings. The molecule has 0 aliphatic carbocycles. The Morgan fingerprint density at radius 1 is 1.41 bits per heavy atom. The largest absolute Gasteiger partial charge is 0.492 e. The average Bonchev–Trinajstić information content (AvgIpc) is 2.85. The van der Waals surface area contributed by atoms with E-state index in [1.807, 2.05) is 12.1 Å². The van der Waals surface area contributed by atoms with E-state index in [-0.39, 0.29) is 5.88 Å². The molecule has 0 saturated heterocycles. The highest BCUT2D eigenvalue weighted by molar-refractivity contribution is 7.16. The fourth-order valence-corrected chi connectivity index (χ4v) is 2.30. The van der Waals surface area contributed by atoms with E-state index >= 15 is 0 Å². The Kier molecular flexibility index (Phi) is 2.15. The second kappa shape index (κ2) is 3.67. The van der Waals surface area contributed by atoms with Crippen LogP contribution in [0.4, 0.5) is 10.9 Å². The Morgan fingerprint density at radius 2 is 2.29 bits per heavy atom. The summed E-state index contributed by atoms with van der Waals surface area (Å²) < 4.78 is 0. The van der Waals surface area contributed by atoms with Gasteiger partial charge < -0.3 is 10.8 Å². The molecule has 0 fully saturated rings. The van der Waals surface area contributed by atoms with Gasteiger partial charge in [-0.15, -0.1) is 0 Å². The summed E-state index contributed by atoms with van der Waals surface area (Å²) in [6.07, 6.45) is 5.22. The van der Waals surface area contributed by atoms with Gasteiger partial charge in [-0.2, -0.15) is 4.98 Å². The quantitative estimate of drug-likeness (QED) is 0.804. The molecule has 84 valence electrons. The summed E-state index contributed by atoms with van der Waals surface area (Å²) in [5.41, 5.74) is 7.36. The van der Waals surface area contributed by atoms with Crippen LogP contribution in [0.1, 0.15) is 10.4 Å². The highest BCUT2D eigenvalue weighted by Crippen LogP contribution is 2.34. The van der Waals surface area contributed by atoms with Gasteiger partial charge >= 0.3 is 0 Å². The Morgan fingerprint density at radius 3 is 3.06 bits per heavy atom. The molecular weight excluding hydrogens is 236 g/mol. The number of aromatic hydroxyl groups is 1. The Balaban J connectivity index is 2.08. The molecule has 5 nitrogen and oxygen atoms in total. The molecule has 0 spiro atoms. The van der Waals surface area contributed by atoms with Crippen LogP contribution in [0.25, 0.3) is 11.6 Å². The number of rotatable bonds is 1. The first-order valence-electron chi connectivity index (χ1n) is 4.90. The molecule has 0 radical (unpaired) electrons. The smallest absolute Gasteiger partial charge is 0.231 e. The number of hydrogen-bond donors (Lipinski definition) is 2. The highest BCUT2D eigenvalue weighted by atomic mass is 32.1. The van der Waals surface area contributed by atoms with Gasteiger partial charge in [-0.1, -0.05) is 11.3 Å². The topological polar surface area (TPSA) is 84.4 Å². The van der Waals surface area contributed by atoms with Crippen LogP contribution in [0.2, 0.25) is 0 Å². The zero-order valence-electron chi connectivity index (χ0n) is 8.66. The van der Waals surface area contributed by atoms with Crippen molar-refractivity contribution in [3.05, 3.63) is 28.8 Å². The molecule has 3 rings (SSSR count). The van der Waals surface area contributed by atoms with Crippen LogP contribution in [0.15, 0.2) is 23.3 Å². The number of allylic oxidation sites excluding steroid dienone is 1. The van der Waals surface area contributed by atoms with Gasteiger partial charge in [0.25, 0.3) is 0 Å². The van der Waals surface area contributed by atoms with Crippen LogP contribution in [0, 0.1) is 0 Å². The summed E-state index contributed by atoms with van der Waals surface area (Å²) in [4.78, 5) is 12.7. The molecule has 0 atom stereocenters. The zero-order chi connectivity index (χ0) is 11.8. The molecule has 17 heavy (non-hydrogen) atoms. The lowest BCUT2D eigenvalue weighted by Crippen LogP contribution is -1.80. The standard InChI is InChI=1S/C11H8N4OS/c12-11-15-10(16)8(17-11)4-6-5-14-9-7(6)2-1-3-13-9/h1-5,16H,(H2,12,15)/b6-4+. The summed E-state index contributed by atoms with van der Waals surface area (Å²) >= 11 is 1.23. The zero-order valence-corrected chi connectivity index (χ0v) is 9.48. The third-order valence-electron chi connectivity index (χ3n) is 2.36. The summed E-state index contributed by atoms with van der Waals surface area (Å²) in [6.45, 7) is 0. The number of thiazole rings is 1. The molecule has 0 saturated carbocycles. The summed E-state index contributed by atoms with van der Waals surface area (Å²) in [5.74, 6) is 0.640. The van der Waals surface area contributed by atoms with Crippen molar-refractivity contribution in [1.29, 1.82) is 0 Å². The van der Waals surface area contributed by atoms with Crippen molar-refractivity contribution in [2.24, 2.45) is 4.99 Å². The monoisotopic (exact) mass is 244 g/mol. The van der Waals surface area contributed by atoms with Gasteiger partial charge in [-0.05, 0) is 18.2 Å². The Hall–Kier alpha value is -2.21. The Bertz CT molecular complexity index is 645. The molecule has 3 heterocycles.